The number of rotatable bonds is 4. The van der Waals surface area contributed by atoms with E-state index in [0.29, 0.717) is 0 Å². The van der Waals surface area contributed by atoms with Crippen LogP contribution in [0.15, 0.2) is 0 Å². The van der Waals surface area contributed by atoms with Crippen molar-refractivity contribution < 1.29 is 9.32 Å². The molecule has 1 aliphatic heterocycles. The number of hydrogen-bond donors (Lipinski definition) is 1. The molecule has 0 aromatic carbocycles. The molecule has 2 heterocycles. The lowest BCUT2D eigenvalue weighted by molar-refractivity contribution is 0.284. The third-order valence-corrected chi connectivity index (χ3v) is 5.26. The molecule has 0 saturated carbocycles. The van der Waals surface area contributed by atoms with Crippen LogP contribution in [0.25, 0.3) is 0 Å². The molecule has 1 fully saturated rings. The van der Waals surface area contributed by atoms with Gasteiger partial charge in [0.25, 0.3) is 0 Å². The molecule has 17 heavy (non-hydrogen) atoms. The van der Waals surface area contributed by atoms with Crippen LogP contribution in [0.4, 0.5) is 5.13 Å². The van der Waals surface area contributed by atoms with Crippen molar-refractivity contribution in [3.05, 3.63) is 10.6 Å². The van der Waals surface area contributed by atoms with Crippen molar-refractivity contribution >= 4 is 27.3 Å². The third kappa shape index (κ3) is 3.05. The van der Waals surface area contributed by atoms with Crippen LogP contribution in [0.1, 0.15) is 23.9 Å². The molecule has 0 bridgehead atoms. The Hall–Kier alpha value is -0.460. The normalized spacial score (nSPS) is 17.6. The Bertz CT molecular complexity index is 396. The highest BCUT2D eigenvalue weighted by atomic mass is 32.2. The van der Waals surface area contributed by atoms with Gasteiger partial charge in [-0.15, -0.1) is 0 Å². The zero-order valence-electron chi connectivity index (χ0n) is 10.0. The Kier molecular flexibility index (Phi) is 4.53. The minimum absolute atomic E-state index is 0.0762. The van der Waals surface area contributed by atoms with Gasteiger partial charge >= 0.3 is 0 Å². The summed E-state index contributed by atoms with van der Waals surface area (Å²) < 4.78 is 11.3. The Labute approximate surface area is 108 Å². The van der Waals surface area contributed by atoms with E-state index < -0.39 is 10.8 Å². The van der Waals surface area contributed by atoms with Gasteiger partial charge in [-0.3, -0.25) is 4.21 Å². The van der Waals surface area contributed by atoms with Gasteiger partial charge in [-0.2, -0.15) is 0 Å². The van der Waals surface area contributed by atoms with Crippen molar-refractivity contribution in [2.75, 3.05) is 29.5 Å². The van der Waals surface area contributed by atoms with E-state index in [-0.39, 0.29) is 6.61 Å². The molecule has 0 atom stereocenters. The standard InChI is InChI=1S/C11H18N2O2S2/c1-2-3-9-10(8-14)16-11(12-9)13-4-6-17(15)7-5-13/h14H,2-8H2,1H3. The molecule has 0 unspecified atom stereocenters. The van der Waals surface area contributed by atoms with E-state index in [9.17, 15) is 9.32 Å². The summed E-state index contributed by atoms with van der Waals surface area (Å²) in [5.74, 6) is 1.47. The predicted molar refractivity (Wildman–Crippen MR) is 72.1 cm³/mol. The van der Waals surface area contributed by atoms with Crippen LogP contribution in [-0.2, 0) is 23.8 Å². The summed E-state index contributed by atoms with van der Waals surface area (Å²) in [6, 6.07) is 0. The molecule has 1 aromatic rings. The van der Waals surface area contributed by atoms with E-state index in [2.05, 4.69) is 16.8 Å². The fraction of sp³-hybridized carbons (Fsp3) is 0.727. The van der Waals surface area contributed by atoms with E-state index in [1.54, 1.807) is 11.3 Å². The summed E-state index contributed by atoms with van der Waals surface area (Å²) in [6.45, 7) is 3.82. The zero-order chi connectivity index (χ0) is 12.3. The lowest BCUT2D eigenvalue weighted by Crippen LogP contribution is -2.37. The van der Waals surface area contributed by atoms with Crippen molar-refractivity contribution in [2.45, 2.75) is 26.4 Å². The van der Waals surface area contributed by atoms with Crippen LogP contribution in [0.2, 0.25) is 0 Å². The summed E-state index contributed by atoms with van der Waals surface area (Å²) in [7, 11) is -0.653. The third-order valence-electron chi connectivity index (χ3n) is 2.85. The fourth-order valence-corrected chi connectivity index (χ4v) is 3.96. The number of nitrogens with zero attached hydrogens (tertiary/aromatic N) is 2. The van der Waals surface area contributed by atoms with Crippen molar-refractivity contribution in [1.29, 1.82) is 0 Å². The Morgan fingerprint density at radius 1 is 1.47 bits per heavy atom. The van der Waals surface area contributed by atoms with Gasteiger partial charge in [-0.05, 0) is 6.42 Å². The molecule has 1 aliphatic rings. The smallest absolute Gasteiger partial charge is 0.185 e. The molecule has 96 valence electrons. The highest BCUT2D eigenvalue weighted by molar-refractivity contribution is 7.85. The van der Waals surface area contributed by atoms with Crippen LogP contribution in [-0.4, -0.2) is 38.9 Å². The number of aliphatic hydroxyl groups is 1. The van der Waals surface area contributed by atoms with E-state index in [1.807, 2.05) is 0 Å². The number of hydrogen-bond acceptors (Lipinski definition) is 5. The van der Waals surface area contributed by atoms with Crippen LogP contribution < -0.4 is 4.90 Å². The largest absolute Gasteiger partial charge is 0.391 e. The van der Waals surface area contributed by atoms with E-state index >= 15 is 0 Å². The molecule has 0 spiro atoms. The van der Waals surface area contributed by atoms with E-state index in [0.717, 1.165) is 53.1 Å². The van der Waals surface area contributed by atoms with Gasteiger partial charge in [0, 0.05) is 35.4 Å². The van der Waals surface area contributed by atoms with Crippen molar-refractivity contribution in [2.24, 2.45) is 0 Å². The molecule has 2 rings (SSSR count). The van der Waals surface area contributed by atoms with Crippen LogP contribution >= 0.6 is 11.3 Å². The zero-order valence-corrected chi connectivity index (χ0v) is 11.6. The second-order valence-corrected chi connectivity index (χ2v) is 6.87. The quantitative estimate of drug-likeness (QED) is 0.895. The van der Waals surface area contributed by atoms with Crippen LogP contribution in [0.3, 0.4) is 0 Å². The molecule has 0 aliphatic carbocycles. The maximum atomic E-state index is 11.3. The number of aromatic nitrogens is 1. The summed E-state index contributed by atoms with van der Waals surface area (Å²) in [6.07, 6.45) is 1.96. The van der Waals surface area contributed by atoms with Gasteiger partial charge in [0.05, 0.1) is 17.2 Å². The maximum absolute atomic E-state index is 11.3. The average molecular weight is 274 g/mol. The Morgan fingerprint density at radius 3 is 2.76 bits per heavy atom. The summed E-state index contributed by atoms with van der Waals surface area (Å²) in [5.41, 5.74) is 1.03. The predicted octanol–water partition coefficient (Wildman–Crippen LogP) is 1.16. The number of aryl methyl sites for hydroxylation is 1. The summed E-state index contributed by atoms with van der Waals surface area (Å²) in [5, 5.41) is 10.3. The first kappa shape index (κ1) is 13.0. The van der Waals surface area contributed by atoms with Gasteiger partial charge in [-0.25, -0.2) is 4.98 Å². The topological polar surface area (TPSA) is 53.4 Å². The molecule has 1 aromatic heterocycles. The molecular weight excluding hydrogens is 256 g/mol. The van der Waals surface area contributed by atoms with E-state index in [1.165, 1.54) is 0 Å². The molecule has 1 saturated heterocycles. The molecule has 6 heteroatoms. The van der Waals surface area contributed by atoms with Gasteiger partial charge < -0.3 is 10.0 Å². The van der Waals surface area contributed by atoms with Crippen LogP contribution in [0, 0.1) is 0 Å². The van der Waals surface area contributed by atoms with Gasteiger partial charge in [0.1, 0.15) is 0 Å². The van der Waals surface area contributed by atoms with Crippen molar-refractivity contribution in [3.63, 3.8) is 0 Å². The lowest BCUT2D eigenvalue weighted by atomic mass is 10.2. The monoisotopic (exact) mass is 274 g/mol. The van der Waals surface area contributed by atoms with Gasteiger partial charge in [-0.1, -0.05) is 24.7 Å². The number of anilines is 1. The molecule has 0 radical (unpaired) electrons. The Morgan fingerprint density at radius 2 is 2.18 bits per heavy atom. The minimum Gasteiger partial charge on any atom is -0.391 e. The molecular formula is C11H18N2O2S2. The minimum atomic E-state index is -0.653. The maximum Gasteiger partial charge on any atom is 0.185 e. The fourth-order valence-electron chi connectivity index (χ4n) is 1.89. The first-order valence-corrected chi connectivity index (χ1v) is 8.24. The Balaban J connectivity index is 2.12. The first-order chi connectivity index (χ1) is 8.24. The van der Waals surface area contributed by atoms with Crippen LogP contribution in [0.5, 0.6) is 0 Å². The first-order valence-electron chi connectivity index (χ1n) is 5.94. The summed E-state index contributed by atoms with van der Waals surface area (Å²) in [4.78, 5) is 7.77. The second kappa shape index (κ2) is 5.93. The molecule has 1 N–H and O–H groups in total. The summed E-state index contributed by atoms with van der Waals surface area (Å²) >= 11 is 1.57. The SMILES string of the molecule is CCCc1nc(N2CCS(=O)CC2)sc1CO. The second-order valence-electron chi connectivity index (χ2n) is 4.11. The van der Waals surface area contributed by atoms with Crippen molar-refractivity contribution in [1.82, 2.24) is 4.98 Å². The van der Waals surface area contributed by atoms with Crippen molar-refractivity contribution in [3.8, 4) is 0 Å². The highest BCUT2D eigenvalue weighted by Gasteiger charge is 2.20. The highest BCUT2D eigenvalue weighted by Crippen LogP contribution is 2.28. The molecule has 4 nitrogen and oxygen atoms in total. The van der Waals surface area contributed by atoms with Gasteiger partial charge in [0.15, 0.2) is 5.13 Å². The van der Waals surface area contributed by atoms with E-state index in [4.69, 9.17) is 0 Å². The lowest BCUT2D eigenvalue weighted by Gasteiger charge is -2.25. The number of aliphatic hydroxyl groups excluding tert-OH is 1. The molecule has 0 amide bonds. The number of thiazole rings is 1. The van der Waals surface area contributed by atoms with Gasteiger partial charge in [0.2, 0.25) is 0 Å². The average Bonchev–Trinajstić information content (AvgIpc) is 2.74.